The Morgan fingerprint density at radius 2 is 1.96 bits per heavy atom. The molecule has 0 radical (unpaired) electrons. The Morgan fingerprint density at radius 1 is 1.19 bits per heavy atom. The number of nitrogens with zero attached hydrogens (tertiary/aromatic N) is 2. The van der Waals surface area contributed by atoms with Crippen molar-refractivity contribution in [3.63, 3.8) is 0 Å². The van der Waals surface area contributed by atoms with Crippen molar-refractivity contribution in [1.29, 1.82) is 0 Å². The largest absolute Gasteiger partial charge is 0.312 e. The topological polar surface area (TPSA) is 54.3 Å². The van der Waals surface area contributed by atoms with Crippen LogP contribution in [-0.4, -0.2) is 43.0 Å². The lowest BCUT2D eigenvalue weighted by molar-refractivity contribution is 0.200. The van der Waals surface area contributed by atoms with E-state index in [-0.39, 0.29) is 4.90 Å². The van der Waals surface area contributed by atoms with Gasteiger partial charge in [0, 0.05) is 43.8 Å². The summed E-state index contributed by atoms with van der Waals surface area (Å²) in [5.74, 6) is -0.427. The zero-order valence-electron chi connectivity index (χ0n) is 15.1. The second kappa shape index (κ2) is 7.07. The number of nitrogens with one attached hydrogen (secondary N) is 1. The minimum atomic E-state index is -3.77. The summed E-state index contributed by atoms with van der Waals surface area (Å²) in [6.07, 6.45) is 1.51. The molecular formula is C20H22FN3O2S. The molecule has 0 aliphatic carbocycles. The van der Waals surface area contributed by atoms with E-state index in [2.05, 4.69) is 17.1 Å². The highest BCUT2D eigenvalue weighted by Gasteiger charge is 2.22. The van der Waals surface area contributed by atoms with Gasteiger partial charge in [-0.15, -0.1) is 0 Å². The maximum atomic E-state index is 14.3. The monoisotopic (exact) mass is 387 g/mol. The van der Waals surface area contributed by atoms with Gasteiger partial charge in [0.25, 0.3) is 10.0 Å². The van der Waals surface area contributed by atoms with Crippen LogP contribution in [0.1, 0.15) is 12.5 Å². The van der Waals surface area contributed by atoms with Crippen LogP contribution in [0.2, 0.25) is 0 Å². The molecule has 3 aromatic rings. The first-order chi connectivity index (χ1) is 12.9. The molecule has 27 heavy (non-hydrogen) atoms. The SMILES string of the molecule is C[C@@H]1CN(Cc2cc(F)cc3c2ccn3S(=O)(=O)c2ccccc2)CCN1. The van der Waals surface area contributed by atoms with E-state index in [1.807, 2.05) is 0 Å². The first-order valence-corrected chi connectivity index (χ1v) is 10.4. The van der Waals surface area contributed by atoms with Crippen LogP contribution in [0.5, 0.6) is 0 Å². The van der Waals surface area contributed by atoms with Gasteiger partial charge < -0.3 is 5.32 Å². The van der Waals surface area contributed by atoms with E-state index in [0.29, 0.717) is 18.1 Å². The third-order valence-electron chi connectivity index (χ3n) is 4.97. The van der Waals surface area contributed by atoms with E-state index in [1.54, 1.807) is 36.4 Å². The number of fused-ring (bicyclic) bond motifs is 1. The Kier molecular flexibility index (Phi) is 4.75. The third kappa shape index (κ3) is 3.50. The minimum Gasteiger partial charge on any atom is -0.312 e. The van der Waals surface area contributed by atoms with E-state index >= 15 is 0 Å². The predicted molar refractivity (Wildman–Crippen MR) is 104 cm³/mol. The van der Waals surface area contributed by atoms with Crippen LogP contribution in [0, 0.1) is 5.82 Å². The van der Waals surface area contributed by atoms with Crippen molar-refractivity contribution < 1.29 is 12.8 Å². The van der Waals surface area contributed by atoms with Crippen molar-refractivity contribution in [3.05, 3.63) is 66.1 Å². The molecule has 2 aromatic carbocycles. The van der Waals surface area contributed by atoms with Gasteiger partial charge in [-0.3, -0.25) is 4.90 Å². The first kappa shape index (κ1) is 18.2. The lowest BCUT2D eigenvalue weighted by Gasteiger charge is -2.32. The van der Waals surface area contributed by atoms with E-state index < -0.39 is 15.8 Å². The van der Waals surface area contributed by atoms with E-state index in [4.69, 9.17) is 0 Å². The quantitative estimate of drug-likeness (QED) is 0.748. The molecule has 1 saturated heterocycles. The Balaban J connectivity index is 1.76. The molecule has 5 nitrogen and oxygen atoms in total. The summed E-state index contributed by atoms with van der Waals surface area (Å²) >= 11 is 0. The maximum absolute atomic E-state index is 14.3. The second-order valence-corrected chi connectivity index (χ2v) is 8.83. The number of aromatic nitrogens is 1. The Bertz CT molecular complexity index is 1060. The molecule has 1 aromatic heterocycles. The molecule has 2 heterocycles. The number of hydrogen-bond acceptors (Lipinski definition) is 4. The molecule has 7 heteroatoms. The van der Waals surface area contributed by atoms with Crippen molar-refractivity contribution in [2.24, 2.45) is 0 Å². The summed E-state index contributed by atoms with van der Waals surface area (Å²) in [7, 11) is -3.77. The summed E-state index contributed by atoms with van der Waals surface area (Å²) in [4.78, 5) is 2.45. The highest BCUT2D eigenvalue weighted by Crippen LogP contribution is 2.27. The number of benzene rings is 2. The van der Waals surface area contributed by atoms with Crippen molar-refractivity contribution >= 4 is 20.9 Å². The smallest absolute Gasteiger partial charge is 0.268 e. The summed E-state index contributed by atoms with van der Waals surface area (Å²) in [5, 5.41) is 4.16. The standard InChI is InChI=1S/C20H22FN3O2S/c1-15-13-23(10-8-22-15)14-16-11-17(21)12-20-19(16)7-9-24(20)27(25,26)18-5-3-2-4-6-18/h2-7,9,11-12,15,22H,8,10,13-14H2,1H3/t15-/m1/s1. The fourth-order valence-electron chi connectivity index (χ4n) is 3.70. The van der Waals surface area contributed by atoms with Crippen LogP contribution >= 0.6 is 0 Å². The minimum absolute atomic E-state index is 0.184. The molecule has 4 rings (SSSR count). The van der Waals surface area contributed by atoms with Gasteiger partial charge in [-0.25, -0.2) is 16.8 Å². The number of rotatable bonds is 4. The van der Waals surface area contributed by atoms with Gasteiger partial charge in [0.05, 0.1) is 10.4 Å². The van der Waals surface area contributed by atoms with E-state index in [9.17, 15) is 12.8 Å². The van der Waals surface area contributed by atoms with Crippen LogP contribution in [0.25, 0.3) is 10.9 Å². The number of piperazine rings is 1. The van der Waals surface area contributed by atoms with Crippen LogP contribution in [0.3, 0.4) is 0 Å². The third-order valence-corrected chi connectivity index (χ3v) is 6.67. The van der Waals surface area contributed by atoms with Gasteiger partial charge in [-0.2, -0.15) is 0 Å². The normalized spacial score (nSPS) is 18.8. The van der Waals surface area contributed by atoms with Gasteiger partial charge in [0.1, 0.15) is 5.82 Å². The summed E-state index contributed by atoms with van der Waals surface area (Å²) in [5.41, 5.74) is 1.18. The first-order valence-electron chi connectivity index (χ1n) is 9.01. The molecule has 142 valence electrons. The van der Waals surface area contributed by atoms with Crippen molar-refractivity contribution in [1.82, 2.24) is 14.2 Å². The second-order valence-electron chi connectivity index (χ2n) is 7.02. The van der Waals surface area contributed by atoms with E-state index in [1.165, 1.54) is 22.3 Å². The van der Waals surface area contributed by atoms with E-state index in [0.717, 1.165) is 30.6 Å². The lowest BCUT2D eigenvalue weighted by atomic mass is 10.1. The molecule has 0 spiro atoms. The summed E-state index contributed by atoms with van der Waals surface area (Å²) < 4.78 is 41.5. The van der Waals surface area contributed by atoms with Crippen LogP contribution in [0.4, 0.5) is 4.39 Å². The molecule has 1 aliphatic heterocycles. The maximum Gasteiger partial charge on any atom is 0.268 e. The lowest BCUT2D eigenvalue weighted by Crippen LogP contribution is -2.48. The predicted octanol–water partition coefficient (Wildman–Crippen LogP) is 2.81. The average Bonchev–Trinajstić information content (AvgIpc) is 3.07. The molecule has 0 amide bonds. The highest BCUT2D eigenvalue weighted by atomic mass is 32.2. The molecule has 1 N–H and O–H groups in total. The number of hydrogen-bond donors (Lipinski definition) is 1. The molecule has 1 fully saturated rings. The van der Waals surface area contributed by atoms with Gasteiger partial charge in [-0.1, -0.05) is 18.2 Å². The summed E-state index contributed by atoms with van der Waals surface area (Å²) in [6, 6.07) is 13.1. The van der Waals surface area contributed by atoms with Gasteiger partial charge in [0.15, 0.2) is 0 Å². The van der Waals surface area contributed by atoms with Crippen molar-refractivity contribution in [3.8, 4) is 0 Å². The molecule has 0 bridgehead atoms. The number of halogens is 1. The van der Waals surface area contributed by atoms with Crippen LogP contribution in [-0.2, 0) is 16.6 Å². The Morgan fingerprint density at radius 3 is 2.70 bits per heavy atom. The van der Waals surface area contributed by atoms with Gasteiger partial charge in [-0.05, 0) is 42.8 Å². The van der Waals surface area contributed by atoms with Crippen LogP contribution < -0.4 is 5.32 Å². The molecule has 1 aliphatic rings. The van der Waals surface area contributed by atoms with Gasteiger partial charge in [0.2, 0.25) is 0 Å². The highest BCUT2D eigenvalue weighted by molar-refractivity contribution is 7.90. The van der Waals surface area contributed by atoms with Gasteiger partial charge >= 0.3 is 0 Å². The van der Waals surface area contributed by atoms with Crippen molar-refractivity contribution in [2.45, 2.75) is 24.4 Å². The molecule has 0 saturated carbocycles. The van der Waals surface area contributed by atoms with Crippen molar-refractivity contribution in [2.75, 3.05) is 19.6 Å². The Hall–Kier alpha value is -2.22. The van der Waals surface area contributed by atoms with Crippen LogP contribution in [0.15, 0.2) is 59.6 Å². The average molecular weight is 387 g/mol. The fourth-order valence-corrected chi connectivity index (χ4v) is 5.06. The zero-order chi connectivity index (χ0) is 19.0. The fraction of sp³-hybridized carbons (Fsp3) is 0.300. The molecule has 0 unspecified atom stereocenters. The molecular weight excluding hydrogens is 365 g/mol. The Labute approximate surface area is 158 Å². The zero-order valence-corrected chi connectivity index (χ0v) is 15.9. The molecule has 1 atom stereocenters. The summed E-state index contributed by atoms with van der Waals surface area (Å²) in [6.45, 7) is 5.36.